The zero-order chi connectivity index (χ0) is 15.0. The Morgan fingerprint density at radius 3 is 2.76 bits per heavy atom. The van der Waals surface area contributed by atoms with Crippen molar-refractivity contribution in [1.29, 1.82) is 0 Å². The van der Waals surface area contributed by atoms with Crippen LogP contribution in [0.25, 0.3) is 0 Å². The summed E-state index contributed by atoms with van der Waals surface area (Å²) in [5, 5.41) is 0. The predicted octanol–water partition coefficient (Wildman–Crippen LogP) is 4.21. The minimum absolute atomic E-state index is 0.209. The molecule has 0 spiro atoms. The number of rotatable bonds is 5. The molecule has 1 aromatic rings. The molecule has 0 aliphatic heterocycles. The van der Waals surface area contributed by atoms with Crippen LogP contribution in [0.2, 0.25) is 0 Å². The molecule has 2 aliphatic carbocycles. The third-order valence-electron chi connectivity index (χ3n) is 5.39. The molecular weight excluding hydrogens is 324 g/mol. The number of fused-ring (bicyclic) bond motifs is 2. The quantitative estimate of drug-likeness (QED) is 0.861. The summed E-state index contributed by atoms with van der Waals surface area (Å²) in [5.41, 5.74) is 8.74. The van der Waals surface area contributed by atoms with Crippen LogP contribution in [0.3, 0.4) is 0 Å². The first kappa shape index (κ1) is 15.4. The van der Waals surface area contributed by atoms with Gasteiger partial charge in [-0.2, -0.15) is 0 Å². The standard InChI is InChI=1S/C18H27BrN2/c1-12(20)7-15-5-6-17(19)10-18(15)21(2)11-16-9-13-3-4-14(16)8-13/h5-6,10,12-14,16H,3-4,7-9,11,20H2,1-2H3. The molecule has 116 valence electrons. The first-order chi connectivity index (χ1) is 10.0. The predicted molar refractivity (Wildman–Crippen MR) is 93.7 cm³/mol. The van der Waals surface area contributed by atoms with E-state index in [2.05, 4.69) is 53.0 Å². The lowest BCUT2D eigenvalue weighted by molar-refractivity contribution is 0.337. The van der Waals surface area contributed by atoms with Crippen molar-refractivity contribution in [2.24, 2.45) is 23.5 Å². The first-order valence-corrected chi connectivity index (χ1v) is 9.07. The molecule has 1 aromatic carbocycles. The molecule has 3 heteroatoms. The fraction of sp³-hybridized carbons (Fsp3) is 0.667. The minimum Gasteiger partial charge on any atom is -0.374 e. The molecule has 2 saturated carbocycles. The van der Waals surface area contributed by atoms with Crippen LogP contribution in [0.15, 0.2) is 22.7 Å². The van der Waals surface area contributed by atoms with E-state index in [9.17, 15) is 0 Å². The van der Waals surface area contributed by atoms with Crippen molar-refractivity contribution in [3.8, 4) is 0 Å². The van der Waals surface area contributed by atoms with E-state index in [-0.39, 0.29) is 6.04 Å². The fourth-order valence-corrected chi connectivity index (χ4v) is 4.81. The molecule has 4 unspecified atom stereocenters. The van der Waals surface area contributed by atoms with Gasteiger partial charge in [0.15, 0.2) is 0 Å². The molecule has 0 heterocycles. The smallest absolute Gasteiger partial charge is 0.0408 e. The third kappa shape index (κ3) is 3.45. The molecule has 0 aromatic heterocycles. The van der Waals surface area contributed by atoms with Crippen LogP contribution < -0.4 is 10.6 Å². The number of anilines is 1. The third-order valence-corrected chi connectivity index (χ3v) is 5.89. The van der Waals surface area contributed by atoms with Crippen molar-refractivity contribution in [1.82, 2.24) is 0 Å². The molecule has 3 rings (SSSR count). The van der Waals surface area contributed by atoms with Crippen molar-refractivity contribution >= 4 is 21.6 Å². The molecule has 2 bridgehead atoms. The van der Waals surface area contributed by atoms with E-state index >= 15 is 0 Å². The SMILES string of the molecule is CC(N)Cc1ccc(Br)cc1N(C)CC1CC2CCC1C2. The number of nitrogens with zero attached hydrogens (tertiary/aromatic N) is 1. The maximum absolute atomic E-state index is 6.01. The molecule has 21 heavy (non-hydrogen) atoms. The highest BCUT2D eigenvalue weighted by Gasteiger charge is 2.39. The summed E-state index contributed by atoms with van der Waals surface area (Å²) >= 11 is 3.62. The maximum atomic E-state index is 6.01. The number of halogens is 1. The maximum Gasteiger partial charge on any atom is 0.0408 e. The van der Waals surface area contributed by atoms with Gasteiger partial charge in [0, 0.05) is 29.8 Å². The van der Waals surface area contributed by atoms with Gasteiger partial charge in [-0.05, 0) is 68.1 Å². The zero-order valence-electron chi connectivity index (χ0n) is 13.2. The summed E-state index contributed by atoms with van der Waals surface area (Å²) in [6.07, 6.45) is 6.84. The normalized spacial score (nSPS) is 28.9. The van der Waals surface area contributed by atoms with Crippen LogP contribution in [0.4, 0.5) is 5.69 Å². The highest BCUT2D eigenvalue weighted by atomic mass is 79.9. The molecule has 4 atom stereocenters. The number of hydrogen-bond donors (Lipinski definition) is 1. The second kappa shape index (κ2) is 6.29. The van der Waals surface area contributed by atoms with E-state index in [1.165, 1.54) is 43.5 Å². The molecule has 2 fully saturated rings. The van der Waals surface area contributed by atoms with Crippen LogP contribution in [0, 0.1) is 17.8 Å². The summed E-state index contributed by atoms with van der Waals surface area (Å²) in [6.45, 7) is 3.28. The van der Waals surface area contributed by atoms with Gasteiger partial charge >= 0.3 is 0 Å². The van der Waals surface area contributed by atoms with E-state index in [0.29, 0.717) is 0 Å². The summed E-state index contributed by atoms with van der Waals surface area (Å²) in [5.74, 6) is 2.91. The van der Waals surface area contributed by atoms with Crippen LogP contribution >= 0.6 is 15.9 Å². The van der Waals surface area contributed by atoms with E-state index in [0.717, 1.165) is 28.6 Å². The molecular formula is C18H27BrN2. The fourth-order valence-electron chi connectivity index (χ4n) is 4.46. The zero-order valence-corrected chi connectivity index (χ0v) is 14.8. The Bertz CT molecular complexity index is 500. The van der Waals surface area contributed by atoms with Crippen LogP contribution in [0.5, 0.6) is 0 Å². The van der Waals surface area contributed by atoms with Crippen LogP contribution in [-0.4, -0.2) is 19.6 Å². The van der Waals surface area contributed by atoms with Crippen LogP contribution in [-0.2, 0) is 6.42 Å². The van der Waals surface area contributed by atoms with Crippen molar-refractivity contribution in [3.63, 3.8) is 0 Å². The van der Waals surface area contributed by atoms with Crippen molar-refractivity contribution in [2.45, 2.75) is 45.1 Å². The van der Waals surface area contributed by atoms with Gasteiger partial charge in [0.05, 0.1) is 0 Å². The summed E-state index contributed by atoms with van der Waals surface area (Å²) < 4.78 is 1.16. The monoisotopic (exact) mass is 350 g/mol. The lowest BCUT2D eigenvalue weighted by atomic mass is 9.88. The van der Waals surface area contributed by atoms with Gasteiger partial charge in [0.2, 0.25) is 0 Å². The largest absolute Gasteiger partial charge is 0.374 e. The number of nitrogens with two attached hydrogens (primary N) is 1. The van der Waals surface area contributed by atoms with Crippen molar-refractivity contribution < 1.29 is 0 Å². The van der Waals surface area contributed by atoms with E-state index in [1.807, 2.05) is 0 Å². The van der Waals surface area contributed by atoms with Gasteiger partial charge in [-0.15, -0.1) is 0 Å². The van der Waals surface area contributed by atoms with Crippen LogP contribution in [0.1, 0.15) is 38.2 Å². The van der Waals surface area contributed by atoms with E-state index < -0.39 is 0 Å². The molecule has 2 N–H and O–H groups in total. The van der Waals surface area contributed by atoms with Gasteiger partial charge < -0.3 is 10.6 Å². The number of hydrogen-bond acceptors (Lipinski definition) is 2. The Kier molecular flexibility index (Phi) is 4.60. The Morgan fingerprint density at radius 2 is 2.14 bits per heavy atom. The van der Waals surface area contributed by atoms with E-state index in [4.69, 9.17) is 5.73 Å². The van der Waals surface area contributed by atoms with Gasteiger partial charge in [-0.25, -0.2) is 0 Å². The summed E-state index contributed by atoms with van der Waals surface area (Å²) in [4.78, 5) is 2.47. The number of benzene rings is 1. The first-order valence-electron chi connectivity index (χ1n) is 8.28. The molecule has 0 amide bonds. The Morgan fingerprint density at radius 1 is 1.33 bits per heavy atom. The average molecular weight is 351 g/mol. The minimum atomic E-state index is 0.209. The molecule has 0 radical (unpaired) electrons. The Balaban J connectivity index is 1.73. The van der Waals surface area contributed by atoms with Crippen molar-refractivity contribution in [2.75, 3.05) is 18.5 Å². The highest BCUT2D eigenvalue weighted by Crippen LogP contribution is 2.48. The van der Waals surface area contributed by atoms with Gasteiger partial charge in [0.1, 0.15) is 0 Å². The van der Waals surface area contributed by atoms with Gasteiger partial charge in [-0.3, -0.25) is 0 Å². The highest BCUT2D eigenvalue weighted by molar-refractivity contribution is 9.10. The Labute approximate surface area is 137 Å². The Hall–Kier alpha value is -0.540. The van der Waals surface area contributed by atoms with Gasteiger partial charge in [-0.1, -0.05) is 28.4 Å². The average Bonchev–Trinajstić information content (AvgIpc) is 3.02. The lowest BCUT2D eigenvalue weighted by Gasteiger charge is -2.30. The lowest BCUT2D eigenvalue weighted by Crippen LogP contribution is -2.30. The van der Waals surface area contributed by atoms with E-state index in [1.54, 1.807) is 0 Å². The molecule has 0 saturated heterocycles. The summed E-state index contributed by atoms with van der Waals surface area (Å²) in [7, 11) is 2.25. The van der Waals surface area contributed by atoms with Gasteiger partial charge in [0.25, 0.3) is 0 Å². The van der Waals surface area contributed by atoms with Crippen molar-refractivity contribution in [3.05, 3.63) is 28.2 Å². The topological polar surface area (TPSA) is 29.3 Å². The molecule has 2 aliphatic rings. The second-order valence-electron chi connectivity index (χ2n) is 7.27. The second-order valence-corrected chi connectivity index (χ2v) is 8.19. The molecule has 2 nitrogen and oxygen atoms in total. The summed E-state index contributed by atoms with van der Waals surface area (Å²) in [6, 6.07) is 6.82.